The number of carboxylic acids is 1. The van der Waals surface area contributed by atoms with Crippen LogP contribution in [-0.2, 0) is 16.1 Å². The molecule has 1 aromatic heterocycles. The Morgan fingerprint density at radius 3 is 2.87 bits per heavy atom. The van der Waals surface area contributed by atoms with Crippen molar-refractivity contribution >= 4 is 34.5 Å². The predicted molar refractivity (Wildman–Crippen MR) is 86.5 cm³/mol. The maximum Gasteiger partial charge on any atom is 0.330 e. The molecule has 1 unspecified atom stereocenters. The molecule has 8 heteroatoms. The van der Waals surface area contributed by atoms with Gasteiger partial charge in [0.15, 0.2) is 0 Å². The summed E-state index contributed by atoms with van der Waals surface area (Å²) in [5.41, 5.74) is -1.00. The van der Waals surface area contributed by atoms with Crippen molar-refractivity contribution in [2.24, 2.45) is 0 Å². The summed E-state index contributed by atoms with van der Waals surface area (Å²) in [6, 6.07) is 6.87. The van der Waals surface area contributed by atoms with Gasteiger partial charge in [-0.2, -0.15) is 11.8 Å². The number of fused-ring (bicyclic) bond motifs is 1. The first-order chi connectivity index (χ1) is 11.0. The molecular formula is C15H15N3O4S. The van der Waals surface area contributed by atoms with Gasteiger partial charge in [-0.3, -0.25) is 14.2 Å². The van der Waals surface area contributed by atoms with Crippen molar-refractivity contribution in [3.05, 3.63) is 40.9 Å². The molecule has 3 rings (SSSR count). The summed E-state index contributed by atoms with van der Waals surface area (Å²) in [6.07, 6.45) is 1.69. The standard InChI is InChI=1S/C15H15N3O4S/c19-12(17-15(14(21)22)5-6-23-8-15)7-18-9-16-11-4-2-1-3-10(11)13(18)20/h1-4,9H,5-8H2,(H,17,19)(H,21,22). The zero-order valence-electron chi connectivity index (χ0n) is 12.2. The molecule has 1 aromatic carbocycles. The number of para-hydroxylation sites is 1. The first kappa shape index (κ1) is 15.5. The first-order valence-electron chi connectivity index (χ1n) is 7.08. The first-order valence-corrected chi connectivity index (χ1v) is 8.24. The van der Waals surface area contributed by atoms with Gasteiger partial charge in [0.25, 0.3) is 5.56 Å². The highest BCUT2D eigenvalue weighted by Gasteiger charge is 2.43. The smallest absolute Gasteiger partial charge is 0.330 e. The van der Waals surface area contributed by atoms with Gasteiger partial charge in [0.05, 0.1) is 17.2 Å². The molecule has 0 bridgehead atoms. The van der Waals surface area contributed by atoms with Gasteiger partial charge in [0.2, 0.25) is 5.91 Å². The Morgan fingerprint density at radius 1 is 1.39 bits per heavy atom. The Morgan fingerprint density at radius 2 is 2.17 bits per heavy atom. The molecule has 1 aliphatic rings. The number of aliphatic carboxylic acids is 1. The normalized spacial score (nSPS) is 20.5. The van der Waals surface area contributed by atoms with Crippen molar-refractivity contribution in [1.82, 2.24) is 14.9 Å². The highest BCUT2D eigenvalue weighted by Crippen LogP contribution is 2.28. The van der Waals surface area contributed by atoms with Gasteiger partial charge in [-0.1, -0.05) is 12.1 Å². The van der Waals surface area contributed by atoms with E-state index in [0.717, 1.165) is 0 Å². The molecule has 120 valence electrons. The number of carbonyl (C=O) groups excluding carboxylic acids is 1. The van der Waals surface area contributed by atoms with E-state index >= 15 is 0 Å². The molecular weight excluding hydrogens is 318 g/mol. The van der Waals surface area contributed by atoms with Crippen LogP contribution in [-0.4, -0.2) is 43.6 Å². The number of nitrogens with one attached hydrogen (secondary N) is 1. The molecule has 0 saturated carbocycles. The van der Waals surface area contributed by atoms with Crippen molar-refractivity contribution in [1.29, 1.82) is 0 Å². The highest BCUT2D eigenvalue weighted by molar-refractivity contribution is 7.99. The number of amides is 1. The van der Waals surface area contributed by atoms with Gasteiger partial charge in [0, 0.05) is 5.75 Å². The molecule has 1 amide bonds. The molecule has 1 saturated heterocycles. The number of aromatic nitrogens is 2. The highest BCUT2D eigenvalue weighted by atomic mass is 32.2. The van der Waals surface area contributed by atoms with E-state index in [9.17, 15) is 19.5 Å². The fraction of sp³-hybridized carbons (Fsp3) is 0.333. The van der Waals surface area contributed by atoms with Gasteiger partial charge in [-0.05, 0) is 24.3 Å². The number of thioether (sulfide) groups is 1. The number of hydrogen-bond acceptors (Lipinski definition) is 5. The van der Waals surface area contributed by atoms with Crippen LogP contribution in [0, 0.1) is 0 Å². The lowest BCUT2D eigenvalue weighted by molar-refractivity contribution is -0.146. The van der Waals surface area contributed by atoms with Crippen molar-refractivity contribution in [3.8, 4) is 0 Å². The van der Waals surface area contributed by atoms with Crippen molar-refractivity contribution in [2.75, 3.05) is 11.5 Å². The molecule has 23 heavy (non-hydrogen) atoms. The van der Waals surface area contributed by atoms with Crippen LogP contribution in [0.5, 0.6) is 0 Å². The van der Waals surface area contributed by atoms with Crippen molar-refractivity contribution in [2.45, 2.75) is 18.5 Å². The molecule has 1 atom stereocenters. The largest absolute Gasteiger partial charge is 0.479 e. The van der Waals surface area contributed by atoms with Crippen LogP contribution in [0.1, 0.15) is 6.42 Å². The van der Waals surface area contributed by atoms with Gasteiger partial charge in [-0.25, -0.2) is 9.78 Å². The maximum absolute atomic E-state index is 12.3. The number of nitrogens with zero attached hydrogens (tertiary/aromatic N) is 2. The van der Waals surface area contributed by atoms with E-state index in [1.54, 1.807) is 24.3 Å². The Hall–Kier alpha value is -2.35. The topological polar surface area (TPSA) is 101 Å². The Kier molecular flexibility index (Phi) is 4.08. The summed E-state index contributed by atoms with van der Waals surface area (Å²) in [5, 5.41) is 12.4. The van der Waals surface area contributed by atoms with Crippen LogP contribution < -0.4 is 10.9 Å². The lowest BCUT2D eigenvalue weighted by atomic mass is 9.99. The predicted octanol–water partition coefficient (Wildman–Crippen LogP) is 0.473. The van der Waals surface area contributed by atoms with E-state index < -0.39 is 17.4 Å². The Labute approximate surface area is 135 Å². The monoisotopic (exact) mass is 333 g/mol. The van der Waals surface area contributed by atoms with Crippen LogP contribution in [0.4, 0.5) is 0 Å². The van der Waals surface area contributed by atoms with Gasteiger partial charge >= 0.3 is 5.97 Å². The molecule has 0 spiro atoms. The molecule has 2 heterocycles. The SMILES string of the molecule is O=C(Cn1cnc2ccccc2c1=O)NC1(C(=O)O)CCSC1. The van der Waals surface area contributed by atoms with Crippen LogP contribution >= 0.6 is 11.8 Å². The molecule has 2 aromatic rings. The van der Waals surface area contributed by atoms with E-state index in [4.69, 9.17) is 0 Å². The summed E-state index contributed by atoms with van der Waals surface area (Å²) in [6.45, 7) is -0.254. The molecule has 0 aliphatic carbocycles. The second kappa shape index (κ2) is 6.04. The number of rotatable bonds is 4. The third-order valence-corrected chi connectivity index (χ3v) is 5.04. The summed E-state index contributed by atoms with van der Waals surface area (Å²) in [4.78, 5) is 40.1. The molecule has 2 N–H and O–H groups in total. The third-order valence-electron chi connectivity index (χ3n) is 3.86. The fourth-order valence-corrected chi connectivity index (χ4v) is 3.89. The second-order valence-corrected chi connectivity index (χ2v) is 6.54. The summed E-state index contributed by atoms with van der Waals surface area (Å²) < 4.78 is 1.19. The lowest BCUT2D eigenvalue weighted by Gasteiger charge is -2.24. The number of hydrogen-bond donors (Lipinski definition) is 2. The van der Waals surface area contributed by atoms with Crippen molar-refractivity contribution in [3.63, 3.8) is 0 Å². The van der Waals surface area contributed by atoms with E-state index in [0.29, 0.717) is 28.8 Å². The maximum atomic E-state index is 12.3. The van der Waals surface area contributed by atoms with Gasteiger partial charge in [-0.15, -0.1) is 0 Å². The van der Waals surface area contributed by atoms with E-state index in [-0.39, 0.29) is 12.1 Å². The summed E-state index contributed by atoms with van der Waals surface area (Å²) >= 11 is 1.49. The zero-order chi connectivity index (χ0) is 16.4. The molecule has 0 radical (unpaired) electrons. The number of carbonyl (C=O) groups is 2. The van der Waals surface area contributed by atoms with Crippen LogP contribution in [0.3, 0.4) is 0 Å². The fourth-order valence-electron chi connectivity index (χ4n) is 2.57. The summed E-state index contributed by atoms with van der Waals surface area (Å²) in [5.74, 6) is -0.530. The van der Waals surface area contributed by atoms with Crippen molar-refractivity contribution < 1.29 is 14.7 Å². The van der Waals surface area contributed by atoms with Crippen LogP contribution in [0.25, 0.3) is 10.9 Å². The molecule has 1 fully saturated rings. The quantitative estimate of drug-likeness (QED) is 0.843. The minimum absolute atomic E-state index is 0.254. The average Bonchev–Trinajstić information content (AvgIpc) is 3.00. The number of carboxylic acid groups (broad SMARTS) is 1. The van der Waals surface area contributed by atoms with Gasteiger partial charge in [0.1, 0.15) is 12.1 Å². The van der Waals surface area contributed by atoms with E-state index in [2.05, 4.69) is 10.3 Å². The molecule has 7 nitrogen and oxygen atoms in total. The zero-order valence-corrected chi connectivity index (χ0v) is 13.0. The molecule has 1 aliphatic heterocycles. The summed E-state index contributed by atoms with van der Waals surface area (Å²) in [7, 11) is 0. The average molecular weight is 333 g/mol. The Balaban J connectivity index is 1.82. The van der Waals surface area contributed by atoms with Crippen LogP contribution in [0.2, 0.25) is 0 Å². The lowest BCUT2D eigenvalue weighted by Crippen LogP contribution is -2.55. The minimum atomic E-state index is -1.24. The van der Waals surface area contributed by atoms with E-state index in [1.807, 2.05) is 0 Å². The second-order valence-electron chi connectivity index (χ2n) is 5.43. The number of benzene rings is 1. The minimum Gasteiger partial charge on any atom is -0.479 e. The Bertz CT molecular complexity index is 827. The third kappa shape index (κ3) is 2.94. The van der Waals surface area contributed by atoms with Crippen LogP contribution in [0.15, 0.2) is 35.4 Å². The van der Waals surface area contributed by atoms with Gasteiger partial charge < -0.3 is 10.4 Å². The van der Waals surface area contributed by atoms with E-state index in [1.165, 1.54) is 22.7 Å².